The zero-order valence-corrected chi connectivity index (χ0v) is 15.8. The molecule has 26 heavy (non-hydrogen) atoms. The topological polar surface area (TPSA) is 105 Å². The van der Waals surface area contributed by atoms with Crippen LogP contribution in [0.4, 0.5) is 4.79 Å². The number of esters is 1. The van der Waals surface area contributed by atoms with E-state index in [-0.39, 0.29) is 36.7 Å². The van der Waals surface area contributed by atoms with E-state index in [0.717, 1.165) is 12.8 Å². The van der Waals surface area contributed by atoms with Crippen molar-refractivity contribution < 1.29 is 23.9 Å². The van der Waals surface area contributed by atoms with Crippen LogP contribution in [0.5, 0.6) is 0 Å². The Labute approximate surface area is 154 Å². The lowest BCUT2D eigenvalue weighted by Gasteiger charge is -2.20. The molecule has 0 aromatic heterocycles. The number of hydrogen-bond donors (Lipinski definition) is 2. The van der Waals surface area contributed by atoms with Crippen LogP contribution in [0.15, 0.2) is 0 Å². The second-order valence-electron chi connectivity index (χ2n) is 7.55. The van der Waals surface area contributed by atoms with Crippen LogP contribution in [0.25, 0.3) is 0 Å². The minimum absolute atomic E-state index is 0.135. The summed E-state index contributed by atoms with van der Waals surface area (Å²) in [5, 5.41) is 5.50. The molecule has 1 aliphatic carbocycles. The third-order valence-electron chi connectivity index (χ3n) is 5.02. The minimum Gasteiger partial charge on any atom is -0.467 e. The number of carbonyl (C=O) groups excluding carboxylic acids is 4. The van der Waals surface area contributed by atoms with Crippen molar-refractivity contribution in [2.45, 2.75) is 70.4 Å². The van der Waals surface area contributed by atoms with Gasteiger partial charge in [0.25, 0.3) is 5.91 Å². The highest BCUT2D eigenvalue weighted by molar-refractivity contribution is 6.07. The van der Waals surface area contributed by atoms with Crippen LogP contribution in [0.2, 0.25) is 0 Å². The van der Waals surface area contributed by atoms with Gasteiger partial charge in [-0.25, -0.2) is 9.59 Å². The molecule has 146 valence electrons. The number of carbonyl (C=O) groups is 4. The summed E-state index contributed by atoms with van der Waals surface area (Å²) in [5.74, 6) is -0.700. The minimum atomic E-state index is -0.716. The van der Waals surface area contributed by atoms with Gasteiger partial charge in [0.1, 0.15) is 11.6 Å². The molecule has 4 amide bonds. The molecule has 8 nitrogen and oxygen atoms in total. The first kappa shape index (κ1) is 20.2. The number of hydrogen-bond acceptors (Lipinski definition) is 5. The van der Waals surface area contributed by atoms with Gasteiger partial charge in [0.05, 0.1) is 7.11 Å². The normalized spacial score (nSPS) is 19.8. The molecule has 1 atom stereocenters. The first-order valence-corrected chi connectivity index (χ1v) is 9.30. The van der Waals surface area contributed by atoms with Crippen LogP contribution in [0.1, 0.15) is 58.8 Å². The number of amides is 4. The van der Waals surface area contributed by atoms with Crippen LogP contribution in [-0.2, 0) is 19.1 Å². The first-order chi connectivity index (χ1) is 12.3. The summed E-state index contributed by atoms with van der Waals surface area (Å²) in [6.45, 7) is 4.12. The maximum absolute atomic E-state index is 12.5. The zero-order chi connectivity index (χ0) is 19.3. The van der Waals surface area contributed by atoms with E-state index in [1.807, 2.05) is 13.8 Å². The Morgan fingerprint density at radius 1 is 1.27 bits per heavy atom. The molecule has 2 N–H and O–H groups in total. The lowest BCUT2D eigenvalue weighted by Crippen LogP contribution is -2.44. The molecular weight excluding hydrogens is 338 g/mol. The van der Waals surface area contributed by atoms with Crippen molar-refractivity contribution in [3.63, 3.8) is 0 Å². The van der Waals surface area contributed by atoms with Crippen molar-refractivity contribution in [2.75, 3.05) is 13.7 Å². The smallest absolute Gasteiger partial charge is 0.328 e. The van der Waals surface area contributed by atoms with Crippen molar-refractivity contribution in [2.24, 2.45) is 5.92 Å². The van der Waals surface area contributed by atoms with Gasteiger partial charge >= 0.3 is 12.0 Å². The van der Waals surface area contributed by atoms with Crippen LogP contribution >= 0.6 is 0 Å². The summed E-state index contributed by atoms with van der Waals surface area (Å²) in [4.78, 5) is 49.7. The van der Waals surface area contributed by atoms with Crippen molar-refractivity contribution in [3.8, 4) is 0 Å². The maximum atomic E-state index is 12.5. The Morgan fingerprint density at radius 2 is 1.92 bits per heavy atom. The summed E-state index contributed by atoms with van der Waals surface area (Å²) in [5.41, 5.74) is -0.716. The molecule has 1 spiro atoms. The number of methoxy groups -OCH3 is 1. The summed E-state index contributed by atoms with van der Waals surface area (Å²) >= 11 is 0. The highest BCUT2D eigenvalue weighted by atomic mass is 16.5. The van der Waals surface area contributed by atoms with E-state index in [1.54, 1.807) is 0 Å². The summed E-state index contributed by atoms with van der Waals surface area (Å²) in [6, 6.07) is -1.05. The van der Waals surface area contributed by atoms with E-state index >= 15 is 0 Å². The Bertz CT molecular complexity index is 569. The molecule has 0 aromatic carbocycles. The average molecular weight is 367 g/mol. The second kappa shape index (κ2) is 8.51. The average Bonchev–Trinajstić information content (AvgIpc) is 3.13. The van der Waals surface area contributed by atoms with E-state index in [2.05, 4.69) is 10.6 Å². The van der Waals surface area contributed by atoms with E-state index in [9.17, 15) is 19.2 Å². The van der Waals surface area contributed by atoms with Gasteiger partial charge in [-0.15, -0.1) is 0 Å². The van der Waals surface area contributed by atoms with Gasteiger partial charge in [-0.3, -0.25) is 14.5 Å². The van der Waals surface area contributed by atoms with Gasteiger partial charge < -0.3 is 15.4 Å². The number of ether oxygens (including phenoxy) is 1. The molecule has 1 saturated heterocycles. The lowest BCUT2D eigenvalue weighted by molar-refractivity contribution is -0.145. The van der Waals surface area contributed by atoms with Crippen molar-refractivity contribution >= 4 is 23.8 Å². The van der Waals surface area contributed by atoms with Gasteiger partial charge in [0.2, 0.25) is 5.91 Å². The molecule has 2 aliphatic rings. The van der Waals surface area contributed by atoms with Crippen LogP contribution in [-0.4, -0.2) is 54.0 Å². The Balaban J connectivity index is 1.81. The second-order valence-corrected chi connectivity index (χ2v) is 7.55. The molecule has 1 aliphatic heterocycles. The Morgan fingerprint density at radius 3 is 2.50 bits per heavy atom. The molecule has 1 heterocycles. The van der Waals surface area contributed by atoms with E-state index in [0.29, 0.717) is 25.7 Å². The molecule has 0 unspecified atom stereocenters. The molecule has 0 radical (unpaired) electrons. The van der Waals surface area contributed by atoms with Crippen LogP contribution in [0.3, 0.4) is 0 Å². The Hall–Kier alpha value is -2.12. The summed E-state index contributed by atoms with van der Waals surface area (Å²) in [7, 11) is 1.29. The van der Waals surface area contributed by atoms with Gasteiger partial charge in [0, 0.05) is 13.0 Å². The van der Waals surface area contributed by atoms with Gasteiger partial charge in [-0.1, -0.05) is 26.7 Å². The highest BCUT2D eigenvalue weighted by Crippen LogP contribution is 2.35. The van der Waals surface area contributed by atoms with Crippen molar-refractivity contribution in [3.05, 3.63) is 0 Å². The molecule has 0 bridgehead atoms. The van der Waals surface area contributed by atoms with Crippen molar-refractivity contribution in [1.29, 1.82) is 0 Å². The highest BCUT2D eigenvalue weighted by Gasteiger charge is 2.52. The first-order valence-electron chi connectivity index (χ1n) is 9.30. The zero-order valence-electron chi connectivity index (χ0n) is 15.8. The fourth-order valence-electron chi connectivity index (χ4n) is 3.69. The van der Waals surface area contributed by atoms with E-state index in [4.69, 9.17) is 4.74 Å². The number of urea groups is 1. The van der Waals surface area contributed by atoms with Crippen LogP contribution < -0.4 is 10.6 Å². The molecule has 0 aromatic rings. The predicted octanol–water partition coefficient (Wildman–Crippen LogP) is 1.34. The lowest BCUT2D eigenvalue weighted by atomic mass is 9.98. The summed E-state index contributed by atoms with van der Waals surface area (Å²) < 4.78 is 4.72. The molecule has 1 saturated carbocycles. The monoisotopic (exact) mass is 367 g/mol. The van der Waals surface area contributed by atoms with E-state index in [1.165, 1.54) is 12.0 Å². The molecular formula is C18H29N3O5. The number of nitrogens with zero attached hydrogens (tertiary/aromatic N) is 1. The third kappa shape index (κ3) is 4.53. The third-order valence-corrected chi connectivity index (χ3v) is 5.02. The molecule has 2 rings (SSSR count). The maximum Gasteiger partial charge on any atom is 0.328 e. The number of rotatable bonds is 8. The largest absolute Gasteiger partial charge is 0.467 e. The molecule has 8 heteroatoms. The number of nitrogens with one attached hydrogen (secondary N) is 2. The van der Waals surface area contributed by atoms with Gasteiger partial charge in [-0.2, -0.15) is 0 Å². The molecule has 2 fully saturated rings. The number of imide groups is 1. The standard InChI is InChI=1S/C18H29N3O5/c1-12(2)11-13(15(23)26-3)19-14(22)7-6-10-21-16(24)18(20-17(21)25)8-4-5-9-18/h12-13H,4-11H2,1-3H3,(H,19,22)(H,20,25)/t13-/m1/s1. The van der Waals surface area contributed by atoms with E-state index < -0.39 is 17.6 Å². The van der Waals surface area contributed by atoms with Crippen LogP contribution in [0, 0.1) is 5.92 Å². The fourth-order valence-corrected chi connectivity index (χ4v) is 3.69. The van der Waals surface area contributed by atoms with Crippen molar-refractivity contribution in [1.82, 2.24) is 15.5 Å². The quantitative estimate of drug-likeness (QED) is 0.497. The fraction of sp³-hybridized carbons (Fsp3) is 0.778. The summed E-state index contributed by atoms with van der Waals surface area (Å²) in [6.07, 6.45) is 4.23. The Kier molecular flexibility index (Phi) is 6.61. The predicted molar refractivity (Wildman–Crippen MR) is 94.1 cm³/mol. The van der Waals surface area contributed by atoms with Gasteiger partial charge in [-0.05, 0) is 31.6 Å². The van der Waals surface area contributed by atoms with Gasteiger partial charge in [0.15, 0.2) is 0 Å². The SMILES string of the molecule is COC(=O)[C@@H](CC(C)C)NC(=O)CCCN1C(=O)NC2(CCCC2)C1=O.